The van der Waals surface area contributed by atoms with E-state index in [1.54, 1.807) is 5.41 Å². The van der Waals surface area contributed by atoms with Gasteiger partial charge < -0.3 is 0 Å². The van der Waals surface area contributed by atoms with Gasteiger partial charge in [-0.15, -0.1) is 0 Å². The third kappa shape index (κ3) is 3.79. The number of benzene rings is 1. The summed E-state index contributed by atoms with van der Waals surface area (Å²) in [4.78, 5) is 11.4. The van der Waals surface area contributed by atoms with Crippen LogP contribution in [0.5, 0.6) is 0 Å². The molecule has 0 fully saturated rings. The molecule has 1 nitrogen and oxygen atoms in total. The molecule has 0 atom stereocenters. The molecule has 0 radical (unpaired) electrons. The van der Waals surface area contributed by atoms with Gasteiger partial charge in [-0.3, -0.25) is 4.79 Å². The maximum atomic E-state index is 11.4. The Morgan fingerprint density at radius 2 is 2.08 bits per heavy atom. The van der Waals surface area contributed by atoms with Gasteiger partial charge in [-0.1, -0.05) is 64.1 Å². The van der Waals surface area contributed by atoms with Gasteiger partial charge in [0.2, 0.25) is 5.12 Å². The summed E-state index contributed by atoms with van der Waals surface area (Å²) >= 11 is 4.45. The van der Waals surface area contributed by atoms with Crippen LogP contribution in [-0.2, 0) is 0 Å². The molecule has 1 aromatic rings. The molecular formula is C10H9BrOS. The predicted molar refractivity (Wildman–Crippen MR) is 61.3 cm³/mol. The molecule has 0 N–H and O–H groups in total. The van der Waals surface area contributed by atoms with Crippen molar-refractivity contribution in [3.63, 3.8) is 0 Å². The highest BCUT2D eigenvalue weighted by Gasteiger charge is 2.01. The molecule has 13 heavy (non-hydrogen) atoms. The zero-order valence-electron chi connectivity index (χ0n) is 6.94. The lowest BCUT2D eigenvalue weighted by atomic mass is 10.2. The van der Waals surface area contributed by atoms with Gasteiger partial charge in [0, 0.05) is 10.9 Å². The van der Waals surface area contributed by atoms with Gasteiger partial charge in [-0.05, 0) is 5.41 Å². The lowest BCUT2D eigenvalue weighted by molar-refractivity contribution is 0.109. The van der Waals surface area contributed by atoms with E-state index in [2.05, 4.69) is 15.9 Å². The molecule has 0 aliphatic heterocycles. The Morgan fingerprint density at radius 1 is 1.38 bits per heavy atom. The lowest BCUT2D eigenvalue weighted by Gasteiger charge is -1.94. The fourth-order valence-corrected chi connectivity index (χ4v) is 1.81. The van der Waals surface area contributed by atoms with Gasteiger partial charge in [-0.25, -0.2) is 0 Å². The number of carbonyl (C=O) groups excluding carboxylic acids is 1. The van der Waals surface area contributed by atoms with Crippen molar-refractivity contribution in [1.82, 2.24) is 0 Å². The number of carbonyl (C=O) groups is 1. The Kier molecular flexibility index (Phi) is 4.86. The Morgan fingerprint density at radius 3 is 2.69 bits per heavy atom. The zero-order chi connectivity index (χ0) is 9.52. The standard InChI is InChI=1S/C10H9BrOS/c11-7-4-8-13-10(12)9-5-2-1-3-6-9/h1-6,8H,7H2/b8-4-. The summed E-state index contributed by atoms with van der Waals surface area (Å²) in [6.07, 6.45) is 1.89. The van der Waals surface area contributed by atoms with E-state index in [1.165, 1.54) is 11.8 Å². The predicted octanol–water partition coefficient (Wildman–Crippen LogP) is 3.47. The van der Waals surface area contributed by atoms with Gasteiger partial charge >= 0.3 is 0 Å². The summed E-state index contributed by atoms with van der Waals surface area (Å²) in [7, 11) is 0. The Balaban J connectivity index is 2.54. The summed E-state index contributed by atoms with van der Waals surface area (Å²) in [6, 6.07) is 9.26. The maximum absolute atomic E-state index is 11.4. The molecule has 0 bridgehead atoms. The molecule has 3 heteroatoms. The number of thioether (sulfide) groups is 1. The molecule has 0 heterocycles. The van der Waals surface area contributed by atoms with Crippen molar-refractivity contribution in [1.29, 1.82) is 0 Å². The van der Waals surface area contributed by atoms with Crippen LogP contribution in [0, 0.1) is 0 Å². The Hall–Kier alpha value is -0.540. The minimum Gasteiger partial charge on any atom is -0.281 e. The molecule has 0 aliphatic carbocycles. The molecule has 0 amide bonds. The molecule has 0 aliphatic rings. The van der Waals surface area contributed by atoms with E-state index < -0.39 is 0 Å². The van der Waals surface area contributed by atoms with Crippen LogP contribution in [0.4, 0.5) is 0 Å². The van der Waals surface area contributed by atoms with Crippen molar-refractivity contribution in [2.75, 3.05) is 5.33 Å². The summed E-state index contributed by atoms with van der Waals surface area (Å²) < 4.78 is 0. The van der Waals surface area contributed by atoms with E-state index in [4.69, 9.17) is 0 Å². The Bertz CT molecular complexity index is 295. The maximum Gasteiger partial charge on any atom is 0.223 e. The van der Waals surface area contributed by atoms with Crippen LogP contribution in [0.1, 0.15) is 10.4 Å². The molecule has 68 valence electrons. The van der Waals surface area contributed by atoms with E-state index in [9.17, 15) is 4.79 Å². The summed E-state index contributed by atoms with van der Waals surface area (Å²) in [5.41, 5.74) is 0.742. The minimum atomic E-state index is 0.0813. The number of halogens is 1. The normalized spacial score (nSPS) is 10.5. The molecular weight excluding hydrogens is 248 g/mol. The van der Waals surface area contributed by atoms with Crippen molar-refractivity contribution in [2.24, 2.45) is 0 Å². The third-order valence-corrected chi connectivity index (χ3v) is 2.52. The molecule has 0 saturated carbocycles. The largest absolute Gasteiger partial charge is 0.281 e. The molecule has 0 spiro atoms. The topological polar surface area (TPSA) is 17.1 Å². The fraction of sp³-hybridized carbons (Fsp3) is 0.100. The zero-order valence-corrected chi connectivity index (χ0v) is 9.35. The van der Waals surface area contributed by atoms with Gasteiger partial charge in [0.25, 0.3) is 0 Å². The quantitative estimate of drug-likeness (QED) is 0.771. The molecule has 1 aromatic carbocycles. The van der Waals surface area contributed by atoms with Gasteiger partial charge in [0.1, 0.15) is 0 Å². The summed E-state index contributed by atoms with van der Waals surface area (Å²) in [5, 5.41) is 2.66. The van der Waals surface area contributed by atoms with Crippen LogP contribution in [0.2, 0.25) is 0 Å². The molecule has 0 saturated heterocycles. The first-order valence-corrected chi connectivity index (χ1v) is 5.81. The smallest absolute Gasteiger partial charge is 0.223 e. The van der Waals surface area contributed by atoms with Crippen LogP contribution in [-0.4, -0.2) is 10.4 Å². The average Bonchev–Trinajstić information content (AvgIpc) is 2.19. The van der Waals surface area contributed by atoms with E-state index in [-0.39, 0.29) is 5.12 Å². The van der Waals surface area contributed by atoms with Crippen LogP contribution in [0.25, 0.3) is 0 Å². The highest BCUT2D eigenvalue weighted by atomic mass is 79.9. The van der Waals surface area contributed by atoms with E-state index >= 15 is 0 Å². The van der Waals surface area contributed by atoms with Crippen molar-refractivity contribution in [3.8, 4) is 0 Å². The van der Waals surface area contributed by atoms with Crippen LogP contribution in [0.3, 0.4) is 0 Å². The number of rotatable bonds is 3. The van der Waals surface area contributed by atoms with Crippen LogP contribution in [0.15, 0.2) is 41.8 Å². The number of hydrogen-bond donors (Lipinski definition) is 0. The summed E-state index contributed by atoms with van der Waals surface area (Å²) in [6.45, 7) is 0. The van der Waals surface area contributed by atoms with Gasteiger partial charge in [0.15, 0.2) is 0 Å². The van der Waals surface area contributed by atoms with Crippen LogP contribution < -0.4 is 0 Å². The number of hydrogen-bond acceptors (Lipinski definition) is 2. The third-order valence-electron chi connectivity index (χ3n) is 1.37. The highest BCUT2D eigenvalue weighted by molar-refractivity contribution is 9.09. The van der Waals surface area contributed by atoms with Crippen molar-refractivity contribution in [3.05, 3.63) is 47.4 Å². The minimum absolute atomic E-state index is 0.0813. The van der Waals surface area contributed by atoms with E-state index in [0.29, 0.717) is 0 Å². The van der Waals surface area contributed by atoms with Gasteiger partial charge in [-0.2, -0.15) is 0 Å². The fourth-order valence-electron chi connectivity index (χ4n) is 0.789. The van der Waals surface area contributed by atoms with Crippen molar-refractivity contribution >= 4 is 32.8 Å². The van der Waals surface area contributed by atoms with E-state index in [0.717, 1.165) is 10.9 Å². The van der Waals surface area contributed by atoms with E-state index in [1.807, 2.05) is 36.4 Å². The number of allylic oxidation sites excluding steroid dienone is 1. The van der Waals surface area contributed by atoms with Crippen LogP contribution >= 0.6 is 27.7 Å². The lowest BCUT2D eigenvalue weighted by Crippen LogP contribution is -1.89. The highest BCUT2D eigenvalue weighted by Crippen LogP contribution is 2.12. The molecule has 1 rings (SSSR count). The first-order valence-electron chi connectivity index (χ1n) is 3.81. The average molecular weight is 257 g/mol. The molecule has 0 aromatic heterocycles. The van der Waals surface area contributed by atoms with Crippen molar-refractivity contribution < 1.29 is 4.79 Å². The SMILES string of the molecule is O=C(S/C=C\CBr)c1ccccc1. The first kappa shape index (κ1) is 10.5. The second kappa shape index (κ2) is 6.00. The Labute approximate surface area is 90.4 Å². The summed E-state index contributed by atoms with van der Waals surface area (Å²) in [5.74, 6) is 0. The monoisotopic (exact) mass is 256 g/mol. The second-order valence-electron chi connectivity index (χ2n) is 2.30. The number of alkyl halides is 1. The second-order valence-corrected chi connectivity index (χ2v) is 3.82. The first-order chi connectivity index (χ1) is 6.34. The van der Waals surface area contributed by atoms with Crippen molar-refractivity contribution in [2.45, 2.75) is 0 Å². The molecule has 0 unspecified atom stereocenters. The van der Waals surface area contributed by atoms with Gasteiger partial charge in [0.05, 0.1) is 0 Å².